The van der Waals surface area contributed by atoms with Crippen LogP contribution in [-0.2, 0) is 0 Å². The molecule has 76 valence electrons. The summed E-state index contributed by atoms with van der Waals surface area (Å²) >= 11 is 0. The Morgan fingerprint density at radius 1 is 1.47 bits per heavy atom. The van der Waals surface area contributed by atoms with Crippen molar-refractivity contribution in [3.05, 3.63) is 23.9 Å². The van der Waals surface area contributed by atoms with Gasteiger partial charge in [-0.1, -0.05) is 0 Å². The summed E-state index contributed by atoms with van der Waals surface area (Å²) < 4.78 is 0. The highest BCUT2D eigenvalue weighted by Crippen LogP contribution is 2.16. The molecule has 0 aromatic carbocycles. The van der Waals surface area contributed by atoms with Gasteiger partial charge in [0.25, 0.3) is 0 Å². The number of nitrogens with zero attached hydrogens (tertiary/aromatic N) is 3. The van der Waals surface area contributed by atoms with Gasteiger partial charge in [-0.3, -0.25) is 0 Å². The first-order chi connectivity index (χ1) is 7.09. The van der Waals surface area contributed by atoms with E-state index < -0.39 is 5.41 Å². The van der Waals surface area contributed by atoms with Crippen molar-refractivity contribution in [3.63, 3.8) is 0 Å². The maximum absolute atomic E-state index is 8.82. The van der Waals surface area contributed by atoms with Gasteiger partial charge in [0.05, 0.1) is 17.0 Å². The minimum atomic E-state index is -0.468. The van der Waals surface area contributed by atoms with Gasteiger partial charge in [0.2, 0.25) is 0 Å². The standard InChI is InChI=1S/C11H12N4/c1-11(2,7-13)8-15-10-9(6-12)4-3-5-14-10/h3-5H,8H2,1-2H3,(H,14,15). The minimum Gasteiger partial charge on any atom is -0.367 e. The molecule has 0 atom stereocenters. The second-order valence-electron chi connectivity index (χ2n) is 3.86. The predicted octanol–water partition coefficient (Wildman–Crippen LogP) is 1.91. The second kappa shape index (κ2) is 4.43. The van der Waals surface area contributed by atoms with Crippen LogP contribution >= 0.6 is 0 Å². The second-order valence-corrected chi connectivity index (χ2v) is 3.86. The molecule has 0 bridgehead atoms. The SMILES string of the molecule is CC(C)(C#N)CNc1ncccc1C#N. The topological polar surface area (TPSA) is 72.5 Å². The molecule has 1 aromatic heterocycles. The molecule has 1 rings (SSSR count). The highest BCUT2D eigenvalue weighted by Gasteiger charge is 2.16. The lowest BCUT2D eigenvalue weighted by molar-refractivity contribution is 0.528. The number of aromatic nitrogens is 1. The van der Waals surface area contributed by atoms with Crippen molar-refractivity contribution in [1.29, 1.82) is 10.5 Å². The van der Waals surface area contributed by atoms with Gasteiger partial charge < -0.3 is 5.32 Å². The highest BCUT2D eigenvalue weighted by atomic mass is 15.0. The van der Waals surface area contributed by atoms with Crippen molar-refractivity contribution in [1.82, 2.24) is 4.98 Å². The van der Waals surface area contributed by atoms with Crippen LogP contribution in [0.5, 0.6) is 0 Å². The molecule has 1 heterocycles. The van der Waals surface area contributed by atoms with E-state index in [1.54, 1.807) is 18.3 Å². The molecule has 0 radical (unpaired) electrons. The summed E-state index contributed by atoms with van der Waals surface area (Å²) in [5, 5.41) is 20.6. The number of hydrogen-bond donors (Lipinski definition) is 1. The van der Waals surface area contributed by atoms with Gasteiger partial charge in [0.1, 0.15) is 11.9 Å². The molecular formula is C11H12N4. The van der Waals surface area contributed by atoms with Gasteiger partial charge in [0, 0.05) is 12.7 Å². The summed E-state index contributed by atoms with van der Waals surface area (Å²) in [6, 6.07) is 7.61. The maximum atomic E-state index is 8.82. The monoisotopic (exact) mass is 200 g/mol. The van der Waals surface area contributed by atoms with Crippen LogP contribution in [0.3, 0.4) is 0 Å². The van der Waals surface area contributed by atoms with Gasteiger partial charge in [0.15, 0.2) is 0 Å². The van der Waals surface area contributed by atoms with E-state index in [0.29, 0.717) is 17.9 Å². The fraction of sp³-hybridized carbons (Fsp3) is 0.364. The molecule has 0 spiro atoms. The Morgan fingerprint density at radius 2 is 2.20 bits per heavy atom. The summed E-state index contributed by atoms with van der Waals surface area (Å²) in [7, 11) is 0. The van der Waals surface area contributed by atoms with Crippen LogP contribution in [0.25, 0.3) is 0 Å². The van der Waals surface area contributed by atoms with Crippen LogP contribution in [0.4, 0.5) is 5.82 Å². The van der Waals surface area contributed by atoms with Gasteiger partial charge in [-0.25, -0.2) is 4.98 Å². The van der Waals surface area contributed by atoms with E-state index in [1.165, 1.54) is 0 Å². The molecule has 0 saturated carbocycles. The zero-order valence-corrected chi connectivity index (χ0v) is 8.78. The summed E-state index contributed by atoms with van der Waals surface area (Å²) in [6.07, 6.45) is 1.61. The molecule has 0 aliphatic heterocycles. The first-order valence-corrected chi connectivity index (χ1v) is 4.59. The molecule has 15 heavy (non-hydrogen) atoms. The lowest BCUT2D eigenvalue weighted by atomic mass is 9.96. The predicted molar refractivity (Wildman–Crippen MR) is 56.8 cm³/mol. The molecule has 4 nitrogen and oxygen atoms in total. The Labute approximate surface area is 89.2 Å². The zero-order valence-electron chi connectivity index (χ0n) is 8.78. The average Bonchev–Trinajstić information content (AvgIpc) is 2.27. The van der Waals surface area contributed by atoms with Gasteiger partial charge in [-0.2, -0.15) is 10.5 Å². The van der Waals surface area contributed by atoms with Crippen LogP contribution in [0.1, 0.15) is 19.4 Å². The van der Waals surface area contributed by atoms with Gasteiger partial charge in [-0.15, -0.1) is 0 Å². The molecule has 0 amide bonds. The van der Waals surface area contributed by atoms with E-state index in [0.717, 1.165) is 0 Å². The van der Waals surface area contributed by atoms with E-state index in [9.17, 15) is 0 Å². The third-order valence-corrected chi connectivity index (χ3v) is 1.93. The summed E-state index contributed by atoms with van der Waals surface area (Å²) in [6.45, 7) is 4.12. The maximum Gasteiger partial charge on any atom is 0.143 e. The average molecular weight is 200 g/mol. The van der Waals surface area contributed by atoms with Crippen LogP contribution in [-0.4, -0.2) is 11.5 Å². The Bertz CT molecular complexity index is 423. The third kappa shape index (κ3) is 2.96. The Kier molecular flexibility index (Phi) is 3.25. The first-order valence-electron chi connectivity index (χ1n) is 4.59. The van der Waals surface area contributed by atoms with Crippen LogP contribution < -0.4 is 5.32 Å². The van der Waals surface area contributed by atoms with Crippen molar-refractivity contribution >= 4 is 5.82 Å². The van der Waals surface area contributed by atoms with Crippen molar-refractivity contribution < 1.29 is 0 Å². The Balaban J connectivity index is 2.76. The highest BCUT2D eigenvalue weighted by molar-refractivity contribution is 5.51. The van der Waals surface area contributed by atoms with Gasteiger partial charge >= 0.3 is 0 Å². The van der Waals surface area contributed by atoms with Gasteiger partial charge in [-0.05, 0) is 26.0 Å². The fourth-order valence-electron chi connectivity index (χ4n) is 0.981. The fourth-order valence-corrected chi connectivity index (χ4v) is 0.981. The number of anilines is 1. The molecular weight excluding hydrogens is 188 g/mol. The molecule has 0 aliphatic rings. The lowest BCUT2D eigenvalue weighted by Crippen LogP contribution is -2.21. The van der Waals surface area contributed by atoms with Crippen LogP contribution in [0.15, 0.2) is 18.3 Å². The number of rotatable bonds is 3. The summed E-state index contributed by atoms with van der Waals surface area (Å²) in [5.74, 6) is 0.531. The Hall–Kier alpha value is -2.07. The smallest absolute Gasteiger partial charge is 0.143 e. The van der Waals surface area contributed by atoms with Crippen molar-refractivity contribution in [2.75, 3.05) is 11.9 Å². The molecule has 1 aromatic rings. The van der Waals surface area contributed by atoms with E-state index >= 15 is 0 Å². The Morgan fingerprint density at radius 3 is 2.80 bits per heavy atom. The molecule has 1 N–H and O–H groups in total. The number of nitriles is 2. The first kappa shape index (κ1) is 11.0. The number of pyridine rings is 1. The normalized spacial score (nSPS) is 10.1. The summed E-state index contributed by atoms with van der Waals surface area (Å²) in [4.78, 5) is 4.04. The van der Waals surface area contributed by atoms with Crippen molar-refractivity contribution in [3.8, 4) is 12.1 Å². The number of nitrogens with one attached hydrogen (secondary N) is 1. The summed E-state index contributed by atoms with van der Waals surface area (Å²) in [5.41, 5.74) is 0.0239. The van der Waals surface area contributed by atoms with Crippen LogP contribution in [0.2, 0.25) is 0 Å². The zero-order chi connectivity index (χ0) is 11.3. The van der Waals surface area contributed by atoms with Crippen LogP contribution in [0, 0.1) is 28.1 Å². The largest absolute Gasteiger partial charge is 0.367 e. The van der Waals surface area contributed by atoms with Crippen molar-refractivity contribution in [2.24, 2.45) is 5.41 Å². The molecule has 0 aliphatic carbocycles. The third-order valence-electron chi connectivity index (χ3n) is 1.93. The quantitative estimate of drug-likeness (QED) is 0.808. The minimum absolute atomic E-state index is 0.467. The van der Waals surface area contributed by atoms with E-state index in [1.807, 2.05) is 19.9 Å². The van der Waals surface area contributed by atoms with E-state index in [4.69, 9.17) is 10.5 Å². The molecule has 0 unspecified atom stereocenters. The lowest BCUT2D eigenvalue weighted by Gasteiger charge is -2.16. The molecule has 0 saturated heterocycles. The van der Waals surface area contributed by atoms with E-state index in [-0.39, 0.29) is 0 Å². The molecule has 0 fully saturated rings. The van der Waals surface area contributed by atoms with E-state index in [2.05, 4.69) is 16.4 Å². The number of hydrogen-bond acceptors (Lipinski definition) is 4. The van der Waals surface area contributed by atoms with Crippen molar-refractivity contribution in [2.45, 2.75) is 13.8 Å². The molecule has 4 heteroatoms.